The van der Waals surface area contributed by atoms with Gasteiger partial charge in [-0.15, -0.1) is 11.6 Å². The number of fused-ring (bicyclic) bond motifs is 1. The van der Waals surface area contributed by atoms with E-state index in [1.165, 1.54) is 0 Å². The normalized spacial score (nSPS) is 14.4. The quantitative estimate of drug-likeness (QED) is 0.864. The Morgan fingerprint density at radius 3 is 3.00 bits per heavy atom. The van der Waals surface area contributed by atoms with Crippen LogP contribution >= 0.6 is 11.6 Å². The minimum atomic E-state index is -0.110. The van der Waals surface area contributed by atoms with E-state index in [-0.39, 0.29) is 17.3 Å². The number of nitrogens with zero attached hydrogens (tertiary/aromatic N) is 2. The molecule has 0 saturated heterocycles. The number of amides is 1. The average molecular weight is 266 g/mol. The van der Waals surface area contributed by atoms with Crippen LogP contribution < -0.4 is 5.32 Å². The van der Waals surface area contributed by atoms with Gasteiger partial charge in [-0.2, -0.15) is 5.10 Å². The van der Waals surface area contributed by atoms with Gasteiger partial charge in [0.15, 0.2) is 0 Å². The summed E-state index contributed by atoms with van der Waals surface area (Å²) in [5.41, 5.74) is 1.39. The van der Waals surface area contributed by atoms with Gasteiger partial charge in [0, 0.05) is 17.6 Å². The third-order valence-corrected chi connectivity index (χ3v) is 2.91. The lowest BCUT2D eigenvalue weighted by molar-refractivity contribution is 0.0940. The van der Waals surface area contributed by atoms with Crippen LogP contribution in [0.1, 0.15) is 30.6 Å². The van der Waals surface area contributed by atoms with Gasteiger partial charge in [-0.25, -0.2) is 4.52 Å². The first-order chi connectivity index (χ1) is 8.58. The number of nitrogens with one attached hydrogen (secondary N) is 1. The molecule has 2 heterocycles. The molecule has 2 rings (SSSR count). The van der Waals surface area contributed by atoms with Crippen LogP contribution in [0.2, 0.25) is 0 Å². The third-order valence-electron chi connectivity index (χ3n) is 2.73. The molecule has 5 heteroatoms. The minimum absolute atomic E-state index is 0.0451. The summed E-state index contributed by atoms with van der Waals surface area (Å²) in [5.74, 6) is -0.110. The van der Waals surface area contributed by atoms with Crippen molar-refractivity contribution in [2.75, 3.05) is 0 Å². The zero-order chi connectivity index (χ0) is 13.1. The topological polar surface area (TPSA) is 46.4 Å². The van der Waals surface area contributed by atoms with Crippen LogP contribution in [0.4, 0.5) is 0 Å². The fourth-order valence-electron chi connectivity index (χ4n) is 1.96. The van der Waals surface area contributed by atoms with E-state index < -0.39 is 0 Å². The molecule has 0 aliphatic carbocycles. The van der Waals surface area contributed by atoms with E-state index in [0.717, 1.165) is 11.9 Å². The lowest BCUT2D eigenvalue weighted by atomic mass is 10.1. The predicted molar refractivity (Wildman–Crippen MR) is 72.1 cm³/mol. The monoisotopic (exact) mass is 265 g/mol. The van der Waals surface area contributed by atoms with E-state index in [1.54, 1.807) is 10.7 Å². The summed E-state index contributed by atoms with van der Waals surface area (Å²) >= 11 is 5.91. The molecule has 2 unspecified atom stereocenters. The molecule has 0 fully saturated rings. The highest BCUT2D eigenvalue weighted by Gasteiger charge is 2.15. The number of pyridine rings is 1. The van der Waals surface area contributed by atoms with E-state index in [2.05, 4.69) is 10.4 Å². The fraction of sp³-hybridized carbons (Fsp3) is 0.385. The molecule has 2 aromatic rings. The number of hydrogen-bond donors (Lipinski definition) is 1. The molecule has 0 aromatic carbocycles. The molecule has 2 atom stereocenters. The van der Waals surface area contributed by atoms with Crippen LogP contribution in [0.5, 0.6) is 0 Å². The highest BCUT2D eigenvalue weighted by molar-refractivity contribution is 6.20. The molecule has 0 radical (unpaired) electrons. The molecule has 18 heavy (non-hydrogen) atoms. The van der Waals surface area contributed by atoms with Crippen molar-refractivity contribution in [2.24, 2.45) is 0 Å². The second-order valence-electron chi connectivity index (χ2n) is 4.48. The van der Waals surface area contributed by atoms with Crippen LogP contribution in [0.25, 0.3) is 5.52 Å². The first-order valence-corrected chi connectivity index (χ1v) is 6.39. The molecular weight excluding hydrogens is 250 g/mol. The zero-order valence-electron chi connectivity index (χ0n) is 10.4. The van der Waals surface area contributed by atoms with E-state index >= 15 is 0 Å². The molecular formula is C13H16ClN3O. The summed E-state index contributed by atoms with van der Waals surface area (Å²) in [6.07, 6.45) is 4.14. The number of carbonyl (C=O) groups excluding carboxylic acids is 1. The molecule has 0 aliphatic heterocycles. The van der Waals surface area contributed by atoms with Crippen LogP contribution in [-0.2, 0) is 0 Å². The van der Waals surface area contributed by atoms with Crippen LogP contribution in [0.15, 0.2) is 30.6 Å². The van der Waals surface area contributed by atoms with Crippen LogP contribution in [-0.4, -0.2) is 26.9 Å². The first kappa shape index (κ1) is 12.9. The van der Waals surface area contributed by atoms with Crippen molar-refractivity contribution in [2.45, 2.75) is 31.7 Å². The Labute approximate surface area is 111 Å². The molecule has 1 N–H and O–H groups in total. The average Bonchev–Trinajstić information content (AvgIpc) is 2.71. The predicted octanol–water partition coefficient (Wildman–Crippen LogP) is 2.47. The number of aromatic nitrogens is 2. The van der Waals surface area contributed by atoms with Crippen molar-refractivity contribution in [3.63, 3.8) is 0 Å². The maximum absolute atomic E-state index is 12.1. The van der Waals surface area contributed by atoms with Gasteiger partial charge in [-0.05, 0) is 32.4 Å². The van der Waals surface area contributed by atoms with Crippen molar-refractivity contribution in [1.82, 2.24) is 14.9 Å². The van der Waals surface area contributed by atoms with Crippen molar-refractivity contribution >= 4 is 23.0 Å². The molecule has 1 amide bonds. The third kappa shape index (κ3) is 2.82. The number of carbonyl (C=O) groups is 1. The smallest absolute Gasteiger partial charge is 0.255 e. The Bertz CT molecular complexity index is 550. The maximum Gasteiger partial charge on any atom is 0.255 e. The Morgan fingerprint density at radius 2 is 2.28 bits per heavy atom. The fourth-order valence-corrected chi connectivity index (χ4v) is 2.22. The van der Waals surface area contributed by atoms with Crippen LogP contribution in [0.3, 0.4) is 0 Å². The van der Waals surface area contributed by atoms with Gasteiger partial charge in [-0.3, -0.25) is 4.79 Å². The standard InChI is InChI=1S/C13H16ClN3O/c1-9(14)7-10(2)16-13(18)11-8-15-17-6-4-3-5-12(11)17/h3-6,8-10H,7H2,1-2H3,(H,16,18). The number of rotatable bonds is 4. The summed E-state index contributed by atoms with van der Waals surface area (Å²) in [4.78, 5) is 12.1. The van der Waals surface area contributed by atoms with Gasteiger partial charge in [0.05, 0.1) is 17.3 Å². The largest absolute Gasteiger partial charge is 0.349 e. The Morgan fingerprint density at radius 1 is 1.50 bits per heavy atom. The zero-order valence-corrected chi connectivity index (χ0v) is 11.2. The molecule has 0 bridgehead atoms. The van der Waals surface area contributed by atoms with E-state index in [4.69, 9.17) is 11.6 Å². The second-order valence-corrected chi connectivity index (χ2v) is 5.22. The maximum atomic E-state index is 12.1. The van der Waals surface area contributed by atoms with Gasteiger partial charge in [0.25, 0.3) is 5.91 Å². The lowest BCUT2D eigenvalue weighted by Gasteiger charge is -2.14. The number of hydrogen-bond acceptors (Lipinski definition) is 2. The van der Waals surface area contributed by atoms with Gasteiger partial charge < -0.3 is 5.32 Å². The van der Waals surface area contributed by atoms with Gasteiger partial charge in [-0.1, -0.05) is 6.07 Å². The minimum Gasteiger partial charge on any atom is -0.349 e. The Kier molecular flexibility index (Phi) is 3.87. The number of alkyl halides is 1. The molecule has 2 aromatic heterocycles. The summed E-state index contributed by atoms with van der Waals surface area (Å²) in [5, 5.41) is 7.11. The molecule has 4 nitrogen and oxygen atoms in total. The van der Waals surface area contributed by atoms with Crippen molar-refractivity contribution in [3.05, 3.63) is 36.2 Å². The summed E-state index contributed by atoms with van der Waals surface area (Å²) < 4.78 is 1.68. The van der Waals surface area contributed by atoms with Crippen molar-refractivity contribution < 1.29 is 4.79 Å². The number of halogens is 1. The second kappa shape index (κ2) is 5.40. The molecule has 0 aliphatic rings. The first-order valence-electron chi connectivity index (χ1n) is 5.95. The molecule has 0 saturated carbocycles. The van der Waals surface area contributed by atoms with Gasteiger partial charge in [0.2, 0.25) is 0 Å². The summed E-state index contributed by atoms with van der Waals surface area (Å²) in [7, 11) is 0. The Balaban J connectivity index is 2.14. The van der Waals surface area contributed by atoms with E-state index in [9.17, 15) is 4.79 Å². The van der Waals surface area contributed by atoms with E-state index in [0.29, 0.717) is 5.56 Å². The van der Waals surface area contributed by atoms with Crippen molar-refractivity contribution in [3.8, 4) is 0 Å². The SMILES string of the molecule is CC(Cl)CC(C)NC(=O)c1cnn2ccccc12. The highest BCUT2D eigenvalue weighted by Crippen LogP contribution is 2.11. The van der Waals surface area contributed by atoms with Crippen LogP contribution in [0, 0.1) is 0 Å². The molecule has 0 spiro atoms. The molecule has 96 valence electrons. The van der Waals surface area contributed by atoms with Crippen molar-refractivity contribution in [1.29, 1.82) is 0 Å². The summed E-state index contributed by atoms with van der Waals surface area (Å²) in [6, 6.07) is 5.68. The van der Waals surface area contributed by atoms with Gasteiger partial charge in [0.1, 0.15) is 0 Å². The summed E-state index contributed by atoms with van der Waals surface area (Å²) in [6.45, 7) is 3.86. The van der Waals surface area contributed by atoms with E-state index in [1.807, 2.05) is 38.2 Å². The lowest BCUT2D eigenvalue weighted by Crippen LogP contribution is -2.33. The highest BCUT2D eigenvalue weighted by atomic mass is 35.5. The Hall–Kier alpha value is -1.55. The van der Waals surface area contributed by atoms with Gasteiger partial charge >= 0.3 is 0 Å².